The lowest BCUT2D eigenvalue weighted by atomic mass is 10.2. The molecule has 2 rings (SSSR count). The van der Waals surface area contributed by atoms with Crippen molar-refractivity contribution in [3.8, 4) is 0 Å². The lowest BCUT2D eigenvalue weighted by molar-refractivity contribution is -0.384. The van der Waals surface area contributed by atoms with E-state index in [1.54, 1.807) is 0 Å². The number of anilines is 1. The molecule has 0 unspecified atom stereocenters. The average molecular weight is 279 g/mol. The van der Waals surface area contributed by atoms with Crippen LogP contribution < -0.4 is 5.32 Å². The van der Waals surface area contributed by atoms with Crippen LogP contribution in [0.4, 0.5) is 11.5 Å². The summed E-state index contributed by atoms with van der Waals surface area (Å²) >= 11 is 1.51. The van der Waals surface area contributed by atoms with Gasteiger partial charge in [0.2, 0.25) is 5.82 Å². The number of nitro groups is 1. The van der Waals surface area contributed by atoms with Crippen molar-refractivity contribution >= 4 is 28.8 Å². The highest BCUT2D eigenvalue weighted by molar-refractivity contribution is 7.09. The van der Waals surface area contributed by atoms with E-state index in [1.807, 2.05) is 17.5 Å². The van der Waals surface area contributed by atoms with Crippen molar-refractivity contribution in [1.29, 1.82) is 0 Å². The van der Waals surface area contributed by atoms with E-state index in [0.717, 1.165) is 17.1 Å². The molecule has 2 aromatic rings. The van der Waals surface area contributed by atoms with Crippen LogP contribution in [0.2, 0.25) is 0 Å². The topological polar surface area (TPSA) is 105 Å². The first-order valence-electron chi connectivity index (χ1n) is 5.22. The molecule has 0 saturated heterocycles. The molecular formula is C11H9N3O4S. The molecule has 0 atom stereocenters. The molecule has 8 heteroatoms. The van der Waals surface area contributed by atoms with Gasteiger partial charge in [0.1, 0.15) is 0 Å². The predicted molar refractivity (Wildman–Crippen MR) is 69.5 cm³/mol. The SMILES string of the molecule is O=C(O)c1cnc(NCc2cccs2)c([N+](=O)[O-])c1. The zero-order valence-electron chi connectivity index (χ0n) is 9.57. The number of aromatic nitrogens is 1. The Bertz CT molecular complexity index is 612. The number of rotatable bonds is 5. The number of pyridine rings is 1. The molecule has 0 saturated carbocycles. The van der Waals surface area contributed by atoms with Gasteiger partial charge >= 0.3 is 11.7 Å². The van der Waals surface area contributed by atoms with Crippen LogP contribution >= 0.6 is 11.3 Å². The molecule has 2 N–H and O–H groups in total. The lowest BCUT2D eigenvalue weighted by Crippen LogP contribution is -2.06. The first kappa shape index (κ1) is 13.0. The molecule has 0 spiro atoms. The van der Waals surface area contributed by atoms with E-state index in [0.29, 0.717) is 6.54 Å². The van der Waals surface area contributed by atoms with Crippen molar-refractivity contribution in [3.63, 3.8) is 0 Å². The minimum atomic E-state index is -1.25. The van der Waals surface area contributed by atoms with Crippen LogP contribution in [0.5, 0.6) is 0 Å². The van der Waals surface area contributed by atoms with E-state index >= 15 is 0 Å². The maximum atomic E-state index is 10.9. The number of carboxylic acid groups (broad SMARTS) is 1. The smallest absolute Gasteiger partial charge is 0.337 e. The number of carbonyl (C=O) groups is 1. The Hall–Kier alpha value is -2.48. The summed E-state index contributed by atoms with van der Waals surface area (Å²) < 4.78 is 0. The number of hydrogen-bond donors (Lipinski definition) is 2. The van der Waals surface area contributed by atoms with Crippen LogP contribution in [0.3, 0.4) is 0 Å². The van der Waals surface area contributed by atoms with Crippen molar-refractivity contribution in [2.45, 2.75) is 6.54 Å². The summed E-state index contributed by atoms with van der Waals surface area (Å²) in [6, 6.07) is 4.75. The second-order valence-electron chi connectivity index (χ2n) is 3.59. The predicted octanol–water partition coefficient (Wildman–Crippen LogP) is 2.36. The minimum absolute atomic E-state index is 0.0587. The van der Waals surface area contributed by atoms with E-state index in [4.69, 9.17) is 5.11 Å². The molecule has 0 aliphatic rings. The number of nitrogens with one attached hydrogen (secondary N) is 1. The fraction of sp³-hybridized carbons (Fsp3) is 0.0909. The third kappa shape index (κ3) is 3.05. The largest absolute Gasteiger partial charge is 0.478 e. The first-order valence-corrected chi connectivity index (χ1v) is 6.10. The minimum Gasteiger partial charge on any atom is -0.478 e. The monoisotopic (exact) mass is 279 g/mol. The molecule has 7 nitrogen and oxygen atoms in total. The molecule has 0 fully saturated rings. The highest BCUT2D eigenvalue weighted by Gasteiger charge is 2.18. The second kappa shape index (κ2) is 5.44. The van der Waals surface area contributed by atoms with Crippen LogP contribution in [0.15, 0.2) is 29.8 Å². The number of aromatic carboxylic acids is 1. The van der Waals surface area contributed by atoms with Crippen LogP contribution in [-0.4, -0.2) is 21.0 Å². The van der Waals surface area contributed by atoms with Gasteiger partial charge in [-0.2, -0.15) is 0 Å². The number of carboxylic acids is 1. The van der Waals surface area contributed by atoms with Gasteiger partial charge in [-0.25, -0.2) is 9.78 Å². The Morgan fingerprint density at radius 3 is 2.95 bits per heavy atom. The standard InChI is InChI=1S/C11H9N3O4S/c15-11(16)7-4-9(14(17)18)10(12-5-7)13-6-8-2-1-3-19-8/h1-5H,6H2,(H,12,13)(H,15,16). The summed E-state index contributed by atoms with van der Waals surface area (Å²) in [6.07, 6.45) is 1.09. The molecule has 0 amide bonds. The third-order valence-corrected chi connectivity index (χ3v) is 3.20. The molecule has 0 aromatic carbocycles. The summed E-state index contributed by atoms with van der Waals surface area (Å²) in [5.74, 6) is -1.19. The third-order valence-electron chi connectivity index (χ3n) is 2.32. The molecule has 0 radical (unpaired) electrons. The van der Waals surface area contributed by atoms with Crippen molar-refractivity contribution in [2.75, 3.05) is 5.32 Å². The maximum Gasteiger partial charge on any atom is 0.337 e. The number of hydrogen-bond acceptors (Lipinski definition) is 6. The highest BCUT2D eigenvalue weighted by atomic mass is 32.1. The number of thiophene rings is 1. The number of nitrogens with zero attached hydrogens (tertiary/aromatic N) is 2. The van der Waals surface area contributed by atoms with E-state index in [9.17, 15) is 14.9 Å². The Morgan fingerprint density at radius 2 is 2.37 bits per heavy atom. The molecule has 0 bridgehead atoms. The van der Waals surface area contributed by atoms with Crippen LogP contribution in [-0.2, 0) is 6.54 Å². The molecule has 0 aliphatic heterocycles. The highest BCUT2D eigenvalue weighted by Crippen LogP contribution is 2.23. The maximum absolute atomic E-state index is 10.9. The Balaban J connectivity index is 2.24. The van der Waals surface area contributed by atoms with Gasteiger partial charge in [0.15, 0.2) is 0 Å². The van der Waals surface area contributed by atoms with E-state index in [1.165, 1.54) is 11.3 Å². The van der Waals surface area contributed by atoms with Gasteiger partial charge in [0.05, 0.1) is 17.0 Å². The van der Waals surface area contributed by atoms with E-state index < -0.39 is 10.9 Å². The van der Waals surface area contributed by atoms with Crippen molar-refractivity contribution in [2.24, 2.45) is 0 Å². The van der Waals surface area contributed by atoms with E-state index in [-0.39, 0.29) is 17.1 Å². The Labute approximate surface area is 111 Å². The summed E-state index contributed by atoms with van der Waals surface area (Å²) in [7, 11) is 0. The fourth-order valence-corrected chi connectivity index (χ4v) is 2.07. The zero-order chi connectivity index (χ0) is 13.8. The fourth-order valence-electron chi connectivity index (χ4n) is 1.43. The van der Waals surface area contributed by atoms with Gasteiger partial charge in [0.25, 0.3) is 0 Å². The summed E-state index contributed by atoms with van der Waals surface area (Å²) in [5, 5.41) is 24.4. The van der Waals surface area contributed by atoms with Gasteiger partial charge in [-0.15, -0.1) is 11.3 Å². The Morgan fingerprint density at radius 1 is 1.58 bits per heavy atom. The molecule has 19 heavy (non-hydrogen) atoms. The van der Waals surface area contributed by atoms with Gasteiger partial charge in [0, 0.05) is 17.1 Å². The van der Waals surface area contributed by atoms with Gasteiger partial charge in [-0.05, 0) is 11.4 Å². The van der Waals surface area contributed by atoms with Crippen molar-refractivity contribution < 1.29 is 14.8 Å². The zero-order valence-corrected chi connectivity index (χ0v) is 10.4. The van der Waals surface area contributed by atoms with Crippen LogP contribution in [0, 0.1) is 10.1 Å². The normalized spacial score (nSPS) is 10.1. The molecule has 2 aromatic heterocycles. The van der Waals surface area contributed by atoms with Crippen LogP contribution in [0.1, 0.15) is 15.2 Å². The summed E-state index contributed by atoms with van der Waals surface area (Å²) in [6.45, 7) is 0.401. The lowest BCUT2D eigenvalue weighted by Gasteiger charge is -2.05. The molecular weight excluding hydrogens is 270 g/mol. The van der Waals surface area contributed by atoms with Crippen molar-refractivity contribution in [1.82, 2.24) is 4.98 Å². The average Bonchev–Trinajstić information content (AvgIpc) is 2.89. The van der Waals surface area contributed by atoms with Crippen molar-refractivity contribution in [3.05, 3.63) is 50.3 Å². The second-order valence-corrected chi connectivity index (χ2v) is 4.62. The van der Waals surface area contributed by atoms with Gasteiger partial charge in [-0.3, -0.25) is 10.1 Å². The quantitative estimate of drug-likeness (QED) is 0.643. The Kier molecular flexibility index (Phi) is 3.71. The van der Waals surface area contributed by atoms with Crippen LogP contribution in [0.25, 0.3) is 0 Å². The molecule has 2 heterocycles. The van der Waals surface area contributed by atoms with E-state index in [2.05, 4.69) is 10.3 Å². The first-order chi connectivity index (χ1) is 9.08. The summed E-state index contributed by atoms with van der Waals surface area (Å²) in [5.41, 5.74) is -0.565. The van der Waals surface area contributed by atoms with Gasteiger partial charge < -0.3 is 10.4 Å². The molecule has 98 valence electrons. The summed E-state index contributed by atoms with van der Waals surface area (Å²) in [4.78, 5) is 25.8. The molecule has 0 aliphatic carbocycles. The van der Waals surface area contributed by atoms with Gasteiger partial charge in [-0.1, -0.05) is 6.07 Å².